The van der Waals surface area contributed by atoms with Crippen LogP contribution >= 0.6 is 11.8 Å². The number of amidine groups is 1. The summed E-state index contributed by atoms with van der Waals surface area (Å²) in [4.78, 5) is 30.2. The van der Waals surface area contributed by atoms with Crippen molar-refractivity contribution in [3.05, 3.63) is 86.5 Å². The number of aliphatic imine (C=N–C) groups is 1. The Kier molecular flexibility index (Phi) is 5.96. The maximum absolute atomic E-state index is 12.9. The van der Waals surface area contributed by atoms with Gasteiger partial charge < -0.3 is 4.42 Å². The van der Waals surface area contributed by atoms with E-state index >= 15 is 0 Å². The third-order valence-corrected chi connectivity index (χ3v) is 6.06. The van der Waals surface area contributed by atoms with E-state index in [1.807, 2.05) is 38.1 Å². The lowest BCUT2D eigenvalue weighted by molar-refractivity contribution is -0.384. The molecule has 1 amide bonds. The van der Waals surface area contributed by atoms with Gasteiger partial charge in [0.25, 0.3) is 11.6 Å². The van der Waals surface area contributed by atoms with Gasteiger partial charge in [-0.05, 0) is 68.4 Å². The molecule has 1 saturated heterocycles. The summed E-state index contributed by atoms with van der Waals surface area (Å²) < 4.78 is 5.93. The molecular formula is C24H21N3O4S. The number of nitro benzene ring substituents is 1. The monoisotopic (exact) mass is 447 g/mol. The number of aryl methyl sites for hydroxylation is 2. The smallest absolute Gasteiger partial charge is 0.269 e. The summed E-state index contributed by atoms with van der Waals surface area (Å²) in [5.74, 6) is 0.995. The first kappa shape index (κ1) is 21.6. The molecule has 7 nitrogen and oxygen atoms in total. The molecule has 2 aromatic carbocycles. The molecule has 3 aromatic rings. The van der Waals surface area contributed by atoms with E-state index in [9.17, 15) is 14.9 Å². The molecule has 32 heavy (non-hydrogen) atoms. The molecule has 0 spiro atoms. The van der Waals surface area contributed by atoms with Crippen molar-refractivity contribution < 1.29 is 14.1 Å². The predicted octanol–water partition coefficient (Wildman–Crippen LogP) is 6.10. The highest BCUT2D eigenvalue weighted by Gasteiger charge is 2.32. The van der Waals surface area contributed by atoms with Crippen LogP contribution in [-0.2, 0) is 4.79 Å². The van der Waals surface area contributed by atoms with Crippen LogP contribution in [-0.4, -0.2) is 27.4 Å². The van der Waals surface area contributed by atoms with Gasteiger partial charge >= 0.3 is 0 Å². The molecule has 8 heteroatoms. The SMILES string of the molecule is CCN1C(=O)/C(=C\c2ccc(-c3ccc([N+](=O)[O-])cc3C)o2)SC1=Nc1ccc(C)cc1. The van der Waals surface area contributed by atoms with Crippen LogP contribution in [0.3, 0.4) is 0 Å². The summed E-state index contributed by atoms with van der Waals surface area (Å²) in [5, 5.41) is 11.6. The van der Waals surface area contributed by atoms with Crippen LogP contribution in [0.2, 0.25) is 0 Å². The normalized spacial score (nSPS) is 16.3. The third kappa shape index (κ3) is 4.36. The average molecular weight is 448 g/mol. The fourth-order valence-electron chi connectivity index (χ4n) is 3.34. The molecule has 1 aliphatic heterocycles. The first-order chi connectivity index (χ1) is 15.4. The van der Waals surface area contributed by atoms with Crippen molar-refractivity contribution in [1.82, 2.24) is 4.90 Å². The van der Waals surface area contributed by atoms with E-state index in [0.29, 0.717) is 28.1 Å². The number of furan rings is 1. The van der Waals surface area contributed by atoms with Crippen molar-refractivity contribution in [3.63, 3.8) is 0 Å². The summed E-state index contributed by atoms with van der Waals surface area (Å²) in [6.45, 7) is 6.24. The molecule has 4 rings (SSSR count). The Morgan fingerprint density at radius 3 is 2.53 bits per heavy atom. The van der Waals surface area contributed by atoms with Crippen molar-refractivity contribution in [1.29, 1.82) is 0 Å². The molecule has 1 aromatic heterocycles. The Morgan fingerprint density at radius 1 is 1.12 bits per heavy atom. The highest BCUT2D eigenvalue weighted by Crippen LogP contribution is 2.35. The lowest BCUT2D eigenvalue weighted by Gasteiger charge is -2.11. The van der Waals surface area contributed by atoms with Crippen LogP contribution < -0.4 is 0 Å². The quantitative estimate of drug-likeness (QED) is 0.268. The van der Waals surface area contributed by atoms with Gasteiger partial charge in [0, 0.05) is 30.3 Å². The molecule has 0 N–H and O–H groups in total. The van der Waals surface area contributed by atoms with Crippen LogP contribution in [0.15, 0.2) is 68.9 Å². The fraction of sp³-hybridized carbons (Fsp3) is 0.167. The second-order valence-electron chi connectivity index (χ2n) is 7.35. The Bertz CT molecular complexity index is 1260. The summed E-state index contributed by atoms with van der Waals surface area (Å²) >= 11 is 1.31. The van der Waals surface area contributed by atoms with Gasteiger partial charge in [0.2, 0.25) is 0 Å². The molecule has 0 aliphatic carbocycles. The molecule has 0 atom stereocenters. The number of nitro groups is 1. The van der Waals surface area contributed by atoms with Crippen molar-refractivity contribution in [2.45, 2.75) is 20.8 Å². The van der Waals surface area contributed by atoms with Crippen LogP contribution in [0, 0.1) is 24.0 Å². The van der Waals surface area contributed by atoms with E-state index in [1.165, 1.54) is 23.9 Å². The average Bonchev–Trinajstić information content (AvgIpc) is 3.34. The summed E-state index contributed by atoms with van der Waals surface area (Å²) in [7, 11) is 0. The molecule has 0 unspecified atom stereocenters. The Balaban J connectivity index is 1.60. The van der Waals surface area contributed by atoms with Gasteiger partial charge in [-0.2, -0.15) is 0 Å². The van der Waals surface area contributed by atoms with Crippen LogP contribution in [0.25, 0.3) is 17.4 Å². The first-order valence-corrected chi connectivity index (χ1v) is 10.9. The maximum Gasteiger partial charge on any atom is 0.269 e. The van der Waals surface area contributed by atoms with E-state index in [0.717, 1.165) is 22.4 Å². The van der Waals surface area contributed by atoms with E-state index in [2.05, 4.69) is 4.99 Å². The van der Waals surface area contributed by atoms with E-state index in [1.54, 1.807) is 36.1 Å². The number of nitrogens with zero attached hydrogens (tertiary/aromatic N) is 3. The summed E-state index contributed by atoms with van der Waals surface area (Å²) in [6.07, 6.45) is 1.71. The Hall–Kier alpha value is -3.65. The van der Waals surface area contributed by atoms with Gasteiger partial charge in [0.15, 0.2) is 5.17 Å². The third-order valence-electron chi connectivity index (χ3n) is 5.05. The zero-order valence-electron chi connectivity index (χ0n) is 17.9. The number of non-ortho nitro benzene ring substituents is 1. The zero-order valence-corrected chi connectivity index (χ0v) is 18.7. The Morgan fingerprint density at radius 2 is 1.88 bits per heavy atom. The van der Waals surface area contributed by atoms with Crippen LogP contribution in [0.5, 0.6) is 0 Å². The van der Waals surface area contributed by atoms with Crippen molar-refractivity contribution in [3.8, 4) is 11.3 Å². The Labute approximate surface area is 189 Å². The van der Waals surface area contributed by atoms with Gasteiger partial charge in [0.1, 0.15) is 11.5 Å². The summed E-state index contributed by atoms with van der Waals surface area (Å²) in [5.41, 5.74) is 3.48. The van der Waals surface area contributed by atoms with Crippen molar-refractivity contribution in [2.24, 2.45) is 4.99 Å². The van der Waals surface area contributed by atoms with Gasteiger partial charge in [0.05, 0.1) is 15.5 Å². The van der Waals surface area contributed by atoms with E-state index < -0.39 is 4.92 Å². The minimum Gasteiger partial charge on any atom is -0.457 e. The number of rotatable bonds is 5. The molecule has 0 radical (unpaired) electrons. The number of thioether (sulfide) groups is 1. The molecule has 1 aliphatic rings. The minimum absolute atomic E-state index is 0.0353. The number of likely N-dealkylation sites (N-methyl/N-ethyl adjacent to an activating group) is 1. The van der Waals surface area contributed by atoms with Crippen molar-refractivity contribution >= 4 is 40.3 Å². The standard InChI is InChI=1S/C24H21N3O4S/c1-4-26-23(28)22(32-24(26)25-17-7-5-15(2)6-8-17)14-19-10-12-21(31-19)20-11-9-18(27(29)30)13-16(20)3/h5-14H,4H2,1-3H3/b22-14+,25-24?. The van der Waals surface area contributed by atoms with Crippen LogP contribution in [0.1, 0.15) is 23.8 Å². The highest BCUT2D eigenvalue weighted by atomic mass is 32.2. The minimum atomic E-state index is -0.424. The predicted molar refractivity (Wildman–Crippen MR) is 127 cm³/mol. The largest absolute Gasteiger partial charge is 0.457 e. The molecule has 1 fully saturated rings. The van der Waals surface area contributed by atoms with E-state index in [-0.39, 0.29) is 11.6 Å². The molecular weight excluding hydrogens is 426 g/mol. The highest BCUT2D eigenvalue weighted by molar-refractivity contribution is 8.18. The second-order valence-corrected chi connectivity index (χ2v) is 8.36. The molecule has 0 saturated carbocycles. The van der Waals surface area contributed by atoms with Gasteiger partial charge in [-0.1, -0.05) is 17.7 Å². The topological polar surface area (TPSA) is 89.0 Å². The van der Waals surface area contributed by atoms with Gasteiger partial charge in [-0.25, -0.2) is 4.99 Å². The van der Waals surface area contributed by atoms with E-state index in [4.69, 9.17) is 4.42 Å². The number of amides is 1. The lowest BCUT2D eigenvalue weighted by Crippen LogP contribution is -2.28. The number of benzene rings is 2. The lowest BCUT2D eigenvalue weighted by atomic mass is 10.1. The fourth-order valence-corrected chi connectivity index (χ4v) is 4.38. The number of hydrogen-bond acceptors (Lipinski definition) is 6. The first-order valence-electron chi connectivity index (χ1n) is 10.1. The number of hydrogen-bond donors (Lipinski definition) is 0. The van der Waals surface area contributed by atoms with Gasteiger partial charge in [-0.15, -0.1) is 0 Å². The van der Waals surface area contributed by atoms with Crippen molar-refractivity contribution in [2.75, 3.05) is 6.54 Å². The number of carbonyl (C=O) groups excluding carboxylic acids is 1. The molecule has 2 heterocycles. The van der Waals surface area contributed by atoms with Gasteiger partial charge in [-0.3, -0.25) is 19.8 Å². The molecule has 162 valence electrons. The molecule has 0 bridgehead atoms. The number of carbonyl (C=O) groups is 1. The summed E-state index contributed by atoms with van der Waals surface area (Å²) in [6, 6.07) is 16.0. The maximum atomic E-state index is 12.9. The zero-order chi connectivity index (χ0) is 22.8. The second kappa shape index (κ2) is 8.84. The van der Waals surface area contributed by atoms with Crippen LogP contribution in [0.4, 0.5) is 11.4 Å².